The summed E-state index contributed by atoms with van der Waals surface area (Å²) in [6.07, 6.45) is 10.8. The van der Waals surface area contributed by atoms with Gasteiger partial charge in [-0.05, 0) is 79.7 Å². The fourth-order valence-corrected chi connectivity index (χ4v) is 6.25. The quantitative estimate of drug-likeness (QED) is 0.668. The monoisotopic (exact) mass is 443 g/mol. The Balaban J connectivity index is 1.17. The number of hydrogen-bond acceptors (Lipinski definition) is 4. The van der Waals surface area contributed by atoms with Crippen molar-refractivity contribution in [3.8, 4) is 0 Å². The number of hydrogen-bond donors (Lipinski definition) is 2. The van der Waals surface area contributed by atoms with Crippen LogP contribution >= 0.6 is 0 Å². The number of nitrogens with two attached hydrogens (primary N) is 1. The number of aromatic nitrogens is 3. The molecule has 3 N–H and O–H groups in total. The molecule has 1 amide bonds. The molecule has 0 unspecified atom stereocenters. The molecule has 0 aromatic carbocycles. The van der Waals surface area contributed by atoms with E-state index in [-0.39, 0.29) is 36.8 Å². The van der Waals surface area contributed by atoms with Crippen molar-refractivity contribution in [1.82, 2.24) is 19.9 Å². The minimum Gasteiger partial charge on any atom is -0.349 e. The summed E-state index contributed by atoms with van der Waals surface area (Å²) in [7, 11) is 0. The number of fused-ring (bicyclic) bond motifs is 1. The van der Waals surface area contributed by atoms with Crippen LogP contribution in [0.3, 0.4) is 0 Å². The van der Waals surface area contributed by atoms with Crippen LogP contribution in [0.25, 0.3) is 5.65 Å². The summed E-state index contributed by atoms with van der Waals surface area (Å²) in [5.41, 5.74) is 9.08. The van der Waals surface area contributed by atoms with Gasteiger partial charge in [-0.2, -0.15) is 5.10 Å². The second-order valence-corrected chi connectivity index (χ2v) is 11.0. The van der Waals surface area contributed by atoms with Gasteiger partial charge >= 0.3 is 0 Å². The summed E-state index contributed by atoms with van der Waals surface area (Å²) < 4.78 is 28.7. The topological polar surface area (TPSA) is 85.3 Å². The number of halogens is 2. The SMILES string of the molecule is N[C@H](c1cn2ncc([C@H](NC(=O)CC34CC(C3)C4)C3CC3)cc2n1)C1CCC(F)(F)CC1. The maximum atomic E-state index is 13.5. The van der Waals surface area contributed by atoms with E-state index in [1.54, 1.807) is 4.52 Å². The molecule has 2 heterocycles. The first-order chi connectivity index (χ1) is 15.3. The molecule has 0 radical (unpaired) electrons. The van der Waals surface area contributed by atoms with Gasteiger partial charge in [-0.1, -0.05) is 0 Å². The predicted molar refractivity (Wildman–Crippen MR) is 115 cm³/mol. The van der Waals surface area contributed by atoms with Gasteiger partial charge in [0.25, 0.3) is 0 Å². The molecule has 2 aromatic rings. The van der Waals surface area contributed by atoms with E-state index in [2.05, 4.69) is 15.4 Å². The Bertz CT molecular complexity index is 1020. The van der Waals surface area contributed by atoms with Crippen LogP contribution in [0, 0.1) is 23.2 Å². The van der Waals surface area contributed by atoms with Crippen LogP contribution in [-0.4, -0.2) is 26.4 Å². The third-order valence-electron chi connectivity index (χ3n) is 8.44. The zero-order chi connectivity index (χ0) is 22.1. The highest BCUT2D eigenvalue weighted by Gasteiger charge is 2.57. The van der Waals surface area contributed by atoms with E-state index >= 15 is 0 Å². The van der Waals surface area contributed by atoms with Crippen molar-refractivity contribution in [3.05, 3.63) is 29.7 Å². The first kappa shape index (κ1) is 20.5. The smallest absolute Gasteiger partial charge is 0.248 e. The first-order valence-corrected chi connectivity index (χ1v) is 12.1. The Labute approximate surface area is 186 Å². The van der Waals surface area contributed by atoms with Gasteiger partial charge in [-0.3, -0.25) is 4.79 Å². The minimum atomic E-state index is -2.56. The number of nitrogens with one attached hydrogen (secondary N) is 1. The van der Waals surface area contributed by atoms with Crippen molar-refractivity contribution in [2.24, 2.45) is 28.9 Å². The molecule has 0 aliphatic heterocycles. The maximum absolute atomic E-state index is 13.5. The summed E-state index contributed by atoms with van der Waals surface area (Å²) in [6, 6.07) is 1.59. The molecular formula is C24H31F2N5O. The standard InChI is InChI=1S/C24H31F2N5O/c25-24(26)5-3-15(4-6-24)21(27)18-13-31-19(29-18)7-17(12-28-31)22(16-1-2-16)30-20(32)11-23-8-14(9-23)10-23/h7,12-16,21-22H,1-6,8-11,27H2,(H,30,32)/t14?,21-,22+,23?/m0/s1. The zero-order valence-corrected chi connectivity index (χ0v) is 18.3. The Morgan fingerprint density at radius 3 is 2.53 bits per heavy atom. The number of carbonyl (C=O) groups excluding carboxylic acids is 1. The first-order valence-electron chi connectivity index (χ1n) is 12.1. The molecule has 32 heavy (non-hydrogen) atoms. The molecule has 7 rings (SSSR count). The van der Waals surface area contributed by atoms with Crippen molar-refractivity contribution in [2.75, 3.05) is 0 Å². The summed E-state index contributed by atoms with van der Waals surface area (Å²) in [5, 5.41) is 7.81. The van der Waals surface area contributed by atoms with Crippen molar-refractivity contribution in [3.63, 3.8) is 0 Å². The molecule has 2 atom stereocenters. The molecular weight excluding hydrogens is 412 g/mol. The normalized spacial score (nSPS) is 30.9. The lowest BCUT2D eigenvalue weighted by Crippen LogP contribution is -2.54. The molecule has 0 spiro atoms. The van der Waals surface area contributed by atoms with Gasteiger partial charge in [0.1, 0.15) is 0 Å². The van der Waals surface area contributed by atoms with E-state index in [0.717, 1.165) is 24.3 Å². The van der Waals surface area contributed by atoms with Crippen molar-refractivity contribution < 1.29 is 13.6 Å². The lowest BCUT2D eigenvalue weighted by molar-refractivity contribution is -0.145. The van der Waals surface area contributed by atoms with E-state index in [4.69, 9.17) is 5.73 Å². The highest BCUT2D eigenvalue weighted by Crippen LogP contribution is 2.66. The molecule has 5 aliphatic carbocycles. The van der Waals surface area contributed by atoms with Crippen molar-refractivity contribution >= 4 is 11.6 Å². The van der Waals surface area contributed by atoms with Gasteiger partial charge < -0.3 is 11.1 Å². The van der Waals surface area contributed by atoms with Crippen molar-refractivity contribution in [1.29, 1.82) is 0 Å². The largest absolute Gasteiger partial charge is 0.349 e. The fourth-order valence-electron chi connectivity index (χ4n) is 6.25. The number of nitrogens with zero attached hydrogens (tertiary/aromatic N) is 3. The highest BCUT2D eigenvalue weighted by atomic mass is 19.3. The van der Waals surface area contributed by atoms with E-state index in [1.807, 2.05) is 18.5 Å². The molecule has 0 saturated heterocycles. The molecule has 172 valence electrons. The van der Waals surface area contributed by atoms with E-state index < -0.39 is 5.92 Å². The van der Waals surface area contributed by atoms with Gasteiger partial charge in [0.05, 0.1) is 30.2 Å². The molecule has 2 aromatic heterocycles. The third-order valence-corrected chi connectivity index (χ3v) is 8.44. The van der Waals surface area contributed by atoms with Crippen LogP contribution < -0.4 is 11.1 Å². The average molecular weight is 444 g/mol. The van der Waals surface area contributed by atoms with Crippen LogP contribution in [0.15, 0.2) is 18.5 Å². The summed E-state index contributed by atoms with van der Waals surface area (Å²) >= 11 is 0. The molecule has 5 fully saturated rings. The summed E-state index contributed by atoms with van der Waals surface area (Å²) in [4.78, 5) is 17.4. The highest BCUT2D eigenvalue weighted by molar-refractivity contribution is 5.78. The van der Waals surface area contributed by atoms with Crippen LogP contribution in [0.5, 0.6) is 0 Å². The second-order valence-electron chi connectivity index (χ2n) is 11.0. The number of alkyl halides is 2. The summed E-state index contributed by atoms with van der Waals surface area (Å²) in [6.45, 7) is 0. The van der Waals surface area contributed by atoms with Crippen LogP contribution in [0.2, 0.25) is 0 Å². The maximum Gasteiger partial charge on any atom is 0.248 e. The van der Waals surface area contributed by atoms with Gasteiger partial charge in [-0.25, -0.2) is 18.3 Å². The Hall–Kier alpha value is -2.09. The molecule has 2 bridgehead atoms. The van der Waals surface area contributed by atoms with Crippen LogP contribution in [0.4, 0.5) is 8.78 Å². The number of amides is 1. The number of imidazole rings is 1. The molecule has 6 nitrogen and oxygen atoms in total. The third kappa shape index (κ3) is 3.70. The molecule has 8 heteroatoms. The van der Waals surface area contributed by atoms with Gasteiger partial charge in [0.2, 0.25) is 11.8 Å². The predicted octanol–water partition coefficient (Wildman–Crippen LogP) is 4.31. The lowest BCUT2D eigenvalue weighted by Gasteiger charge is -2.61. The number of rotatable bonds is 7. The average Bonchev–Trinajstić information content (AvgIpc) is 3.45. The Morgan fingerprint density at radius 2 is 1.91 bits per heavy atom. The summed E-state index contributed by atoms with van der Waals surface area (Å²) in [5.74, 6) is -1.07. The Kier molecular flexibility index (Phi) is 4.62. The van der Waals surface area contributed by atoms with E-state index in [1.165, 1.54) is 19.3 Å². The second kappa shape index (κ2) is 7.20. The Morgan fingerprint density at radius 1 is 1.19 bits per heavy atom. The molecule has 5 saturated carbocycles. The van der Waals surface area contributed by atoms with Gasteiger partial charge in [0.15, 0.2) is 5.65 Å². The minimum absolute atomic E-state index is 0.00879. The van der Waals surface area contributed by atoms with Gasteiger partial charge in [-0.15, -0.1) is 0 Å². The van der Waals surface area contributed by atoms with Crippen LogP contribution in [-0.2, 0) is 4.79 Å². The van der Waals surface area contributed by atoms with E-state index in [0.29, 0.717) is 41.9 Å². The van der Waals surface area contributed by atoms with Crippen molar-refractivity contribution in [2.45, 2.75) is 82.2 Å². The van der Waals surface area contributed by atoms with Gasteiger partial charge in [0, 0.05) is 19.3 Å². The number of carbonyl (C=O) groups is 1. The fraction of sp³-hybridized carbons (Fsp3) is 0.708. The zero-order valence-electron chi connectivity index (χ0n) is 18.3. The lowest BCUT2D eigenvalue weighted by atomic mass is 9.43. The molecule has 5 aliphatic rings. The van der Waals surface area contributed by atoms with Crippen LogP contribution in [0.1, 0.15) is 87.5 Å². The van der Waals surface area contributed by atoms with E-state index in [9.17, 15) is 13.6 Å².